The van der Waals surface area contributed by atoms with Crippen molar-refractivity contribution in [1.29, 1.82) is 0 Å². The number of hydrogen-bond acceptors (Lipinski definition) is 8. The topological polar surface area (TPSA) is 232 Å². The van der Waals surface area contributed by atoms with E-state index in [9.17, 15) is 29.1 Å². The number of para-hydroxylation sites is 1. The van der Waals surface area contributed by atoms with Gasteiger partial charge in [0.15, 0.2) is 0 Å². The van der Waals surface area contributed by atoms with E-state index >= 15 is 0 Å². The molecular formula is C26H33N7O7S. The fraction of sp³-hybridized carbons (Fsp3) is 0.385. The lowest BCUT2D eigenvalue weighted by Gasteiger charge is -2.25. The van der Waals surface area contributed by atoms with Gasteiger partial charge in [0.2, 0.25) is 17.7 Å². The minimum atomic E-state index is -1.71. The van der Waals surface area contributed by atoms with E-state index in [1.807, 2.05) is 30.5 Å². The Morgan fingerprint density at radius 3 is 2.29 bits per heavy atom. The Labute approximate surface area is 239 Å². The fourth-order valence-corrected chi connectivity index (χ4v) is 4.63. The summed E-state index contributed by atoms with van der Waals surface area (Å²) >= 11 is 1.45. The molecule has 3 rings (SSSR count). The largest absolute Gasteiger partial charge is 0.481 e. The first-order chi connectivity index (χ1) is 19.6. The highest BCUT2D eigenvalue weighted by Gasteiger charge is 2.31. The number of imidazole rings is 1. The maximum atomic E-state index is 13.3. The smallest absolute Gasteiger partial charge is 0.326 e. The number of benzene rings is 1. The molecule has 2 heterocycles. The summed E-state index contributed by atoms with van der Waals surface area (Å²) in [5, 5.41) is 26.7. The van der Waals surface area contributed by atoms with E-state index in [0.717, 1.165) is 16.5 Å². The molecule has 0 bridgehead atoms. The van der Waals surface area contributed by atoms with Crippen LogP contribution in [-0.4, -0.2) is 91.0 Å². The molecule has 0 aliphatic heterocycles. The van der Waals surface area contributed by atoms with E-state index in [4.69, 9.17) is 10.8 Å². The summed E-state index contributed by atoms with van der Waals surface area (Å²) in [4.78, 5) is 71.8. The van der Waals surface area contributed by atoms with E-state index in [2.05, 4.69) is 30.9 Å². The zero-order chi connectivity index (χ0) is 29.9. The van der Waals surface area contributed by atoms with Gasteiger partial charge in [-0.25, -0.2) is 9.78 Å². The number of nitrogens with two attached hydrogens (primary N) is 1. The first kappa shape index (κ1) is 31.2. The van der Waals surface area contributed by atoms with E-state index < -0.39 is 60.2 Å². The normalized spacial score (nSPS) is 14.0. The van der Waals surface area contributed by atoms with Crippen LogP contribution in [0.4, 0.5) is 0 Å². The summed E-state index contributed by atoms with van der Waals surface area (Å²) < 4.78 is 0. The number of aromatic nitrogens is 3. The van der Waals surface area contributed by atoms with Crippen molar-refractivity contribution in [3.63, 3.8) is 0 Å². The van der Waals surface area contributed by atoms with Crippen LogP contribution in [0.25, 0.3) is 10.9 Å². The molecule has 1 aromatic carbocycles. The Morgan fingerprint density at radius 1 is 0.951 bits per heavy atom. The van der Waals surface area contributed by atoms with Crippen LogP contribution in [-0.2, 0) is 36.8 Å². The number of fused-ring (bicyclic) bond motifs is 1. The number of amides is 3. The lowest BCUT2D eigenvalue weighted by atomic mass is 10.0. The Kier molecular flexibility index (Phi) is 11.3. The number of H-pyrrole nitrogens is 2. The van der Waals surface area contributed by atoms with Gasteiger partial charge in [-0.15, -0.1) is 0 Å². The molecule has 14 nitrogen and oxygen atoms in total. The number of carboxylic acid groups (broad SMARTS) is 2. The number of nitrogens with one attached hydrogen (secondary N) is 5. The third kappa shape index (κ3) is 9.08. The van der Waals surface area contributed by atoms with Gasteiger partial charge in [0.05, 0.1) is 18.8 Å². The van der Waals surface area contributed by atoms with Crippen molar-refractivity contribution in [1.82, 2.24) is 30.9 Å². The standard InChI is InChI=1S/C26H33N7O7S/c1-41-7-6-19(31-23(36)17(27)8-14-11-29-18-5-3-2-4-16(14)18)24(37)32-20(9-15-12-28-13-30-15)25(38)33-21(26(39)40)10-22(34)35/h2-5,11-13,17,19-21,29H,6-10,27H2,1H3,(H,28,30)(H,31,36)(H,32,37)(H,33,38)(H,34,35)(H,39,40). The highest BCUT2D eigenvalue weighted by molar-refractivity contribution is 7.98. The number of carbonyl (C=O) groups is 5. The van der Waals surface area contributed by atoms with Crippen molar-refractivity contribution >= 4 is 52.3 Å². The summed E-state index contributed by atoms with van der Waals surface area (Å²) in [6, 6.07) is 2.57. The van der Waals surface area contributed by atoms with E-state index in [-0.39, 0.29) is 19.3 Å². The van der Waals surface area contributed by atoms with Gasteiger partial charge in [-0.3, -0.25) is 19.2 Å². The third-order valence-corrected chi connectivity index (χ3v) is 6.94. The van der Waals surface area contributed by atoms with Crippen molar-refractivity contribution in [3.8, 4) is 0 Å². The summed E-state index contributed by atoms with van der Waals surface area (Å²) in [5.74, 6) is -4.60. The summed E-state index contributed by atoms with van der Waals surface area (Å²) in [7, 11) is 0. The molecule has 0 fully saturated rings. The number of carbonyl (C=O) groups excluding carboxylic acids is 3. The van der Waals surface area contributed by atoms with Gasteiger partial charge in [0, 0.05) is 35.4 Å². The van der Waals surface area contributed by atoms with Crippen LogP contribution in [0.15, 0.2) is 43.0 Å². The van der Waals surface area contributed by atoms with Crippen molar-refractivity contribution in [2.45, 2.75) is 49.9 Å². The van der Waals surface area contributed by atoms with Crippen molar-refractivity contribution in [2.75, 3.05) is 12.0 Å². The van der Waals surface area contributed by atoms with Gasteiger partial charge in [-0.1, -0.05) is 18.2 Å². The molecule has 0 saturated heterocycles. The minimum absolute atomic E-state index is 0.0970. The SMILES string of the molecule is CSCCC(NC(=O)C(N)Cc1c[nH]c2ccccc12)C(=O)NC(Cc1cnc[nH]1)C(=O)NC(CC(=O)O)C(=O)O. The Bertz CT molecular complexity index is 1360. The van der Waals surface area contributed by atoms with Gasteiger partial charge < -0.3 is 41.9 Å². The highest BCUT2D eigenvalue weighted by Crippen LogP contribution is 2.19. The predicted octanol–water partition coefficient (Wildman–Crippen LogP) is -0.230. The van der Waals surface area contributed by atoms with Gasteiger partial charge in [0.1, 0.15) is 18.1 Å². The number of thioether (sulfide) groups is 1. The third-order valence-electron chi connectivity index (χ3n) is 6.30. The zero-order valence-corrected chi connectivity index (χ0v) is 23.1. The molecule has 0 spiro atoms. The lowest BCUT2D eigenvalue weighted by Crippen LogP contribution is -2.58. The molecular weight excluding hydrogens is 554 g/mol. The number of hydrogen-bond donors (Lipinski definition) is 8. The Morgan fingerprint density at radius 2 is 1.63 bits per heavy atom. The second-order valence-electron chi connectivity index (χ2n) is 9.35. The molecule has 4 unspecified atom stereocenters. The molecule has 15 heteroatoms. The average molecular weight is 588 g/mol. The fourth-order valence-electron chi connectivity index (χ4n) is 4.16. The average Bonchev–Trinajstić information content (AvgIpc) is 3.59. The first-order valence-electron chi connectivity index (χ1n) is 12.7. The molecule has 41 heavy (non-hydrogen) atoms. The van der Waals surface area contributed by atoms with Crippen molar-refractivity contribution < 1.29 is 34.2 Å². The van der Waals surface area contributed by atoms with E-state index in [1.165, 1.54) is 24.3 Å². The zero-order valence-electron chi connectivity index (χ0n) is 22.3. The molecule has 0 radical (unpaired) electrons. The van der Waals surface area contributed by atoms with Crippen LogP contribution >= 0.6 is 11.8 Å². The van der Waals surface area contributed by atoms with Gasteiger partial charge in [0.25, 0.3) is 0 Å². The van der Waals surface area contributed by atoms with Gasteiger partial charge >= 0.3 is 11.9 Å². The molecule has 0 saturated carbocycles. The van der Waals surface area contributed by atoms with Crippen LogP contribution in [0.5, 0.6) is 0 Å². The second kappa shape index (κ2) is 14.9. The monoisotopic (exact) mass is 587 g/mol. The first-order valence-corrected chi connectivity index (χ1v) is 14.1. The lowest BCUT2D eigenvalue weighted by molar-refractivity contribution is -0.147. The number of rotatable bonds is 16. The molecule has 2 aromatic heterocycles. The molecule has 3 aromatic rings. The van der Waals surface area contributed by atoms with Crippen LogP contribution in [0.1, 0.15) is 24.1 Å². The molecule has 0 aliphatic rings. The summed E-state index contributed by atoms with van der Waals surface area (Å²) in [6.07, 6.45) is 5.91. The number of aliphatic carboxylic acids is 2. The minimum Gasteiger partial charge on any atom is -0.481 e. The Balaban J connectivity index is 1.72. The Hall–Kier alpha value is -4.37. The van der Waals surface area contributed by atoms with Crippen LogP contribution in [0, 0.1) is 0 Å². The quantitative estimate of drug-likeness (QED) is 0.110. The molecule has 0 aliphatic carbocycles. The van der Waals surface area contributed by atoms with Crippen LogP contribution in [0.3, 0.4) is 0 Å². The summed E-state index contributed by atoms with van der Waals surface area (Å²) in [5.41, 5.74) is 8.41. The van der Waals surface area contributed by atoms with Crippen molar-refractivity contribution in [3.05, 3.63) is 54.2 Å². The maximum Gasteiger partial charge on any atom is 0.326 e. The predicted molar refractivity (Wildman–Crippen MR) is 151 cm³/mol. The molecule has 3 amide bonds. The second-order valence-corrected chi connectivity index (χ2v) is 10.3. The molecule has 4 atom stereocenters. The maximum absolute atomic E-state index is 13.3. The van der Waals surface area contributed by atoms with Crippen LogP contribution in [0.2, 0.25) is 0 Å². The highest BCUT2D eigenvalue weighted by atomic mass is 32.2. The summed E-state index contributed by atoms with van der Waals surface area (Å²) in [6.45, 7) is 0. The molecule has 220 valence electrons. The van der Waals surface area contributed by atoms with E-state index in [0.29, 0.717) is 11.4 Å². The number of aromatic amines is 2. The van der Waals surface area contributed by atoms with Crippen LogP contribution < -0.4 is 21.7 Å². The van der Waals surface area contributed by atoms with Crippen molar-refractivity contribution in [2.24, 2.45) is 5.73 Å². The van der Waals surface area contributed by atoms with E-state index in [1.54, 1.807) is 6.20 Å². The molecule has 9 N–H and O–H groups in total. The van der Waals surface area contributed by atoms with Gasteiger partial charge in [-0.05, 0) is 36.5 Å². The number of nitrogens with zero attached hydrogens (tertiary/aromatic N) is 1. The number of carboxylic acids is 2. The van der Waals surface area contributed by atoms with Gasteiger partial charge in [-0.2, -0.15) is 11.8 Å².